The third kappa shape index (κ3) is 5.68. The number of hydrogen-bond acceptors (Lipinski definition) is 3. The smallest absolute Gasteiger partial charge is 0.138 e. The van der Waals surface area contributed by atoms with Crippen molar-refractivity contribution in [2.75, 3.05) is 0 Å². The van der Waals surface area contributed by atoms with Crippen molar-refractivity contribution in [1.82, 2.24) is 9.55 Å². The Kier molecular flexibility index (Phi) is 6.76. The number of ether oxygens (including phenoxy) is 2. The van der Waals surface area contributed by atoms with Gasteiger partial charge in [0.25, 0.3) is 0 Å². The predicted molar refractivity (Wildman–Crippen MR) is 118 cm³/mol. The molecule has 3 rings (SSSR count). The molecule has 2 unspecified atom stereocenters. The van der Waals surface area contributed by atoms with Crippen LogP contribution in [0, 0.1) is 0 Å². The quantitative estimate of drug-likeness (QED) is 0.411. The Morgan fingerprint density at radius 3 is 2.34 bits per heavy atom. The van der Waals surface area contributed by atoms with Gasteiger partial charge in [-0.2, -0.15) is 0 Å². The van der Waals surface area contributed by atoms with Crippen LogP contribution < -0.4 is 9.47 Å². The number of nitrogens with zero attached hydrogens (tertiary/aromatic N) is 2. The number of hydrogen-bond donors (Lipinski definition) is 0. The average Bonchev–Trinajstić information content (AvgIpc) is 3.17. The second-order valence-corrected chi connectivity index (χ2v) is 8.72. The standard InChI is InChI=1S/C23H26Cl2N2O2/c1-5-20(28-21-11-8-17(24)14-19(21)25)22(27-13-12-26-15-27)16-6-9-18(10-7-16)29-23(2,3)4/h6-15,20,22H,5H2,1-4H3. The summed E-state index contributed by atoms with van der Waals surface area (Å²) in [6.07, 6.45) is 6.14. The van der Waals surface area contributed by atoms with Gasteiger partial charge in [0, 0.05) is 17.4 Å². The van der Waals surface area contributed by atoms with Crippen molar-refractivity contribution in [3.05, 3.63) is 76.8 Å². The molecule has 6 heteroatoms. The SMILES string of the molecule is CCC(Oc1ccc(Cl)cc1Cl)C(c1ccc(OC(C)(C)C)cc1)n1ccnc1. The highest BCUT2D eigenvalue weighted by Crippen LogP contribution is 2.33. The minimum Gasteiger partial charge on any atom is -0.488 e. The Balaban J connectivity index is 1.92. The number of rotatable bonds is 7. The molecular formula is C23H26Cl2N2O2. The molecule has 0 saturated heterocycles. The number of aromatic nitrogens is 2. The number of halogens is 2. The lowest BCUT2D eigenvalue weighted by Gasteiger charge is -2.29. The van der Waals surface area contributed by atoms with E-state index in [0.29, 0.717) is 15.8 Å². The van der Waals surface area contributed by atoms with Crippen molar-refractivity contribution in [1.29, 1.82) is 0 Å². The summed E-state index contributed by atoms with van der Waals surface area (Å²) in [5.74, 6) is 1.45. The van der Waals surface area contributed by atoms with Gasteiger partial charge in [0.15, 0.2) is 0 Å². The molecule has 2 atom stereocenters. The van der Waals surface area contributed by atoms with E-state index in [1.165, 1.54) is 0 Å². The summed E-state index contributed by atoms with van der Waals surface area (Å²) >= 11 is 12.4. The van der Waals surface area contributed by atoms with Gasteiger partial charge in [0.1, 0.15) is 23.2 Å². The molecule has 0 aliphatic heterocycles. The van der Waals surface area contributed by atoms with Crippen LogP contribution in [0.1, 0.15) is 45.7 Å². The minimum absolute atomic E-state index is 0.0714. The van der Waals surface area contributed by atoms with Gasteiger partial charge >= 0.3 is 0 Å². The molecule has 0 bridgehead atoms. The number of imidazole rings is 1. The molecule has 0 aliphatic carbocycles. The molecule has 0 radical (unpaired) electrons. The van der Waals surface area contributed by atoms with E-state index in [-0.39, 0.29) is 17.7 Å². The minimum atomic E-state index is -0.244. The van der Waals surface area contributed by atoms with Crippen LogP contribution in [0.2, 0.25) is 10.0 Å². The van der Waals surface area contributed by atoms with Gasteiger partial charge in [-0.3, -0.25) is 0 Å². The Labute approximate surface area is 182 Å². The molecule has 0 N–H and O–H groups in total. The van der Waals surface area contributed by atoms with Crippen LogP contribution in [0.25, 0.3) is 0 Å². The Morgan fingerprint density at radius 1 is 1.07 bits per heavy atom. The van der Waals surface area contributed by atoms with Crippen molar-refractivity contribution < 1.29 is 9.47 Å². The Bertz CT molecular complexity index is 919. The molecule has 1 aromatic heterocycles. The molecule has 29 heavy (non-hydrogen) atoms. The molecule has 0 amide bonds. The molecule has 154 valence electrons. The van der Waals surface area contributed by atoms with Gasteiger partial charge in [-0.05, 0) is 63.1 Å². The summed E-state index contributed by atoms with van der Waals surface area (Å²) in [4.78, 5) is 4.23. The number of benzene rings is 2. The maximum atomic E-state index is 6.34. The van der Waals surface area contributed by atoms with E-state index >= 15 is 0 Å². The largest absolute Gasteiger partial charge is 0.488 e. The fourth-order valence-corrected chi connectivity index (χ4v) is 3.66. The zero-order valence-electron chi connectivity index (χ0n) is 17.1. The molecule has 0 saturated carbocycles. The topological polar surface area (TPSA) is 36.3 Å². The van der Waals surface area contributed by atoms with Gasteiger partial charge in [-0.25, -0.2) is 4.98 Å². The lowest BCUT2D eigenvalue weighted by molar-refractivity contribution is 0.130. The summed E-state index contributed by atoms with van der Waals surface area (Å²) in [6.45, 7) is 8.19. The van der Waals surface area contributed by atoms with Crippen molar-refractivity contribution >= 4 is 23.2 Å². The Hall–Kier alpha value is -2.17. The first kappa shape index (κ1) is 21.5. The highest BCUT2D eigenvalue weighted by Gasteiger charge is 2.26. The molecule has 0 aliphatic rings. The summed E-state index contributed by atoms with van der Waals surface area (Å²) < 4.78 is 14.3. The molecule has 2 aromatic carbocycles. The first-order chi connectivity index (χ1) is 13.8. The summed E-state index contributed by atoms with van der Waals surface area (Å²) in [5, 5.41) is 1.07. The van der Waals surface area contributed by atoms with Crippen LogP contribution in [-0.4, -0.2) is 21.3 Å². The molecule has 0 fully saturated rings. The fourth-order valence-electron chi connectivity index (χ4n) is 3.20. The van der Waals surface area contributed by atoms with Crippen LogP contribution in [0.5, 0.6) is 11.5 Å². The molecular weight excluding hydrogens is 407 g/mol. The first-order valence-corrected chi connectivity index (χ1v) is 10.4. The zero-order chi connectivity index (χ0) is 21.0. The molecule has 4 nitrogen and oxygen atoms in total. The second-order valence-electron chi connectivity index (χ2n) is 7.88. The van der Waals surface area contributed by atoms with Gasteiger partial charge in [0.2, 0.25) is 0 Å². The monoisotopic (exact) mass is 432 g/mol. The average molecular weight is 433 g/mol. The normalized spacial score (nSPS) is 13.7. The van der Waals surface area contributed by atoms with Crippen molar-refractivity contribution in [2.45, 2.75) is 51.9 Å². The van der Waals surface area contributed by atoms with Gasteiger partial charge < -0.3 is 14.0 Å². The highest BCUT2D eigenvalue weighted by molar-refractivity contribution is 6.35. The lowest BCUT2D eigenvalue weighted by Crippen LogP contribution is -2.29. The van der Waals surface area contributed by atoms with Crippen molar-refractivity contribution in [3.63, 3.8) is 0 Å². The van der Waals surface area contributed by atoms with Crippen LogP contribution in [0.4, 0.5) is 0 Å². The van der Waals surface area contributed by atoms with Crippen molar-refractivity contribution in [3.8, 4) is 11.5 Å². The molecule has 1 heterocycles. The summed E-state index contributed by atoms with van der Waals surface area (Å²) in [7, 11) is 0. The van der Waals surface area contributed by atoms with E-state index in [1.807, 2.05) is 39.1 Å². The van der Waals surface area contributed by atoms with Crippen LogP contribution in [0.15, 0.2) is 61.2 Å². The first-order valence-electron chi connectivity index (χ1n) is 9.65. The van der Waals surface area contributed by atoms with Crippen LogP contribution in [-0.2, 0) is 0 Å². The van der Waals surface area contributed by atoms with E-state index in [4.69, 9.17) is 32.7 Å². The summed E-state index contributed by atoms with van der Waals surface area (Å²) in [5.41, 5.74) is 0.854. The van der Waals surface area contributed by atoms with Crippen molar-refractivity contribution in [2.24, 2.45) is 0 Å². The van der Waals surface area contributed by atoms with E-state index in [1.54, 1.807) is 30.7 Å². The Morgan fingerprint density at radius 2 is 1.79 bits per heavy atom. The maximum absolute atomic E-state index is 6.34. The predicted octanol–water partition coefficient (Wildman–Crippen LogP) is 6.81. The van der Waals surface area contributed by atoms with Gasteiger partial charge in [0.05, 0.1) is 17.4 Å². The lowest BCUT2D eigenvalue weighted by atomic mass is 9.99. The highest BCUT2D eigenvalue weighted by atomic mass is 35.5. The second kappa shape index (κ2) is 9.10. The van der Waals surface area contributed by atoms with Crippen LogP contribution in [0.3, 0.4) is 0 Å². The van der Waals surface area contributed by atoms with E-state index in [0.717, 1.165) is 17.7 Å². The third-order valence-corrected chi connectivity index (χ3v) is 4.95. The third-order valence-electron chi connectivity index (χ3n) is 4.42. The van der Waals surface area contributed by atoms with Gasteiger partial charge in [-0.1, -0.05) is 42.3 Å². The molecule has 3 aromatic rings. The molecule has 0 spiro atoms. The van der Waals surface area contributed by atoms with E-state index < -0.39 is 0 Å². The van der Waals surface area contributed by atoms with E-state index in [2.05, 4.69) is 28.6 Å². The fraction of sp³-hybridized carbons (Fsp3) is 0.348. The maximum Gasteiger partial charge on any atom is 0.138 e. The van der Waals surface area contributed by atoms with Crippen LogP contribution >= 0.6 is 23.2 Å². The zero-order valence-corrected chi connectivity index (χ0v) is 18.6. The van der Waals surface area contributed by atoms with Gasteiger partial charge in [-0.15, -0.1) is 0 Å². The summed E-state index contributed by atoms with van der Waals surface area (Å²) in [6, 6.07) is 13.3. The van der Waals surface area contributed by atoms with E-state index in [9.17, 15) is 0 Å².